The summed E-state index contributed by atoms with van der Waals surface area (Å²) < 4.78 is 13.6. The van der Waals surface area contributed by atoms with Crippen molar-refractivity contribution in [3.8, 4) is 11.5 Å². The van der Waals surface area contributed by atoms with E-state index in [1.54, 1.807) is 0 Å². The third kappa shape index (κ3) is 6.74. The zero-order chi connectivity index (χ0) is 23.8. The van der Waals surface area contributed by atoms with E-state index in [2.05, 4.69) is 29.4 Å². The summed E-state index contributed by atoms with van der Waals surface area (Å²) in [5.74, 6) is 2.71. The second-order valence-electron chi connectivity index (χ2n) is 7.93. The number of carbonyl (C=O) groups is 1. The molecule has 1 aromatic heterocycles. The first-order valence-corrected chi connectivity index (χ1v) is 12.2. The van der Waals surface area contributed by atoms with Gasteiger partial charge < -0.3 is 19.4 Å². The van der Waals surface area contributed by atoms with Crippen molar-refractivity contribution in [1.29, 1.82) is 0 Å². The number of nitrogens with one attached hydrogen (secondary N) is 1. The number of aryl methyl sites for hydroxylation is 1. The molecule has 0 radical (unpaired) electrons. The Hall–Kier alpha value is -3.00. The Morgan fingerprint density at radius 1 is 1.06 bits per heavy atom. The molecule has 0 spiro atoms. The second kappa shape index (κ2) is 11.7. The van der Waals surface area contributed by atoms with Gasteiger partial charge in [-0.25, -0.2) is 0 Å². The predicted molar refractivity (Wildman–Crippen MR) is 132 cm³/mol. The number of thioether (sulfide) groups is 1. The van der Waals surface area contributed by atoms with Crippen molar-refractivity contribution in [2.45, 2.75) is 58.8 Å². The van der Waals surface area contributed by atoms with Crippen LogP contribution in [0.4, 0.5) is 5.69 Å². The maximum absolute atomic E-state index is 12.4. The molecular formula is C25H32N4O3S. The van der Waals surface area contributed by atoms with E-state index in [1.807, 2.05) is 67.8 Å². The lowest BCUT2D eigenvalue weighted by atomic mass is 10.0. The molecule has 0 saturated heterocycles. The molecule has 176 valence electrons. The number of carbonyl (C=O) groups excluding carboxylic acids is 1. The van der Waals surface area contributed by atoms with Gasteiger partial charge in [0.15, 0.2) is 22.5 Å². The number of hydrogen-bond donors (Lipinski definition) is 1. The molecule has 3 aromatic rings. The Bertz CT molecular complexity index is 1060. The molecule has 0 fully saturated rings. The highest BCUT2D eigenvalue weighted by Gasteiger charge is 2.15. The molecule has 0 bridgehead atoms. The van der Waals surface area contributed by atoms with Gasteiger partial charge in [-0.3, -0.25) is 4.79 Å². The third-order valence-corrected chi connectivity index (χ3v) is 6.03. The van der Waals surface area contributed by atoms with Crippen LogP contribution in [-0.2, 0) is 17.9 Å². The molecule has 8 heteroatoms. The first-order chi connectivity index (χ1) is 15.9. The molecule has 3 rings (SSSR count). The van der Waals surface area contributed by atoms with Gasteiger partial charge in [0.2, 0.25) is 5.91 Å². The highest BCUT2D eigenvalue weighted by Crippen LogP contribution is 2.29. The molecular weight excluding hydrogens is 436 g/mol. The van der Waals surface area contributed by atoms with Crippen LogP contribution < -0.4 is 14.8 Å². The van der Waals surface area contributed by atoms with E-state index in [1.165, 1.54) is 17.3 Å². The molecule has 1 N–H and O–H groups in total. The van der Waals surface area contributed by atoms with Gasteiger partial charge in [0.1, 0.15) is 6.61 Å². The highest BCUT2D eigenvalue weighted by atomic mass is 32.2. The van der Waals surface area contributed by atoms with Crippen molar-refractivity contribution in [2.24, 2.45) is 0 Å². The van der Waals surface area contributed by atoms with Crippen LogP contribution in [0.2, 0.25) is 0 Å². The van der Waals surface area contributed by atoms with Crippen molar-refractivity contribution in [3.05, 3.63) is 59.4 Å². The van der Waals surface area contributed by atoms with E-state index in [0.29, 0.717) is 41.5 Å². The SMILES string of the molecule is CCOc1cc(C)ccc1OCc1nnc(SCC(=O)Nc2ccc(C(C)C)cc2)n1CC. The molecule has 0 saturated carbocycles. The third-order valence-electron chi connectivity index (χ3n) is 5.06. The van der Waals surface area contributed by atoms with E-state index in [-0.39, 0.29) is 18.3 Å². The molecule has 2 aromatic carbocycles. The summed E-state index contributed by atoms with van der Waals surface area (Å²) in [6, 6.07) is 13.8. The number of hydrogen-bond acceptors (Lipinski definition) is 6. The number of rotatable bonds is 11. The van der Waals surface area contributed by atoms with Gasteiger partial charge >= 0.3 is 0 Å². The zero-order valence-electron chi connectivity index (χ0n) is 19.9. The Balaban J connectivity index is 1.58. The summed E-state index contributed by atoms with van der Waals surface area (Å²) >= 11 is 1.36. The van der Waals surface area contributed by atoms with E-state index in [4.69, 9.17) is 9.47 Å². The molecule has 0 aliphatic carbocycles. The number of nitrogens with zero attached hydrogens (tertiary/aromatic N) is 3. The van der Waals surface area contributed by atoms with Crippen molar-refractivity contribution < 1.29 is 14.3 Å². The fourth-order valence-corrected chi connectivity index (χ4v) is 4.10. The fourth-order valence-electron chi connectivity index (χ4n) is 3.27. The van der Waals surface area contributed by atoms with Crippen molar-refractivity contribution in [3.63, 3.8) is 0 Å². The molecule has 0 aliphatic heterocycles. The molecule has 0 aliphatic rings. The highest BCUT2D eigenvalue weighted by molar-refractivity contribution is 7.99. The average molecular weight is 469 g/mol. The van der Waals surface area contributed by atoms with E-state index < -0.39 is 0 Å². The van der Waals surface area contributed by atoms with Crippen molar-refractivity contribution in [2.75, 3.05) is 17.7 Å². The van der Waals surface area contributed by atoms with Crippen LogP contribution in [0.3, 0.4) is 0 Å². The zero-order valence-corrected chi connectivity index (χ0v) is 20.7. The summed E-state index contributed by atoms with van der Waals surface area (Å²) in [5.41, 5.74) is 3.14. The van der Waals surface area contributed by atoms with Gasteiger partial charge in [-0.2, -0.15) is 0 Å². The lowest BCUT2D eigenvalue weighted by molar-refractivity contribution is -0.113. The Morgan fingerprint density at radius 2 is 1.82 bits per heavy atom. The Labute approximate surface area is 199 Å². The number of aromatic nitrogens is 3. The van der Waals surface area contributed by atoms with Gasteiger partial charge in [-0.05, 0) is 62.1 Å². The monoisotopic (exact) mass is 468 g/mol. The smallest absolute Gasteiger partial charge is 0.234 e. The average Bonchev–Trinajstić information content (AvgIpc) is 3.19. The van der Waals surface area contributed by atoms with Crippen LogP contribution in [0, 0.1) is 6.92 Å². The largest absolute Gasteiger partial charge is 0.490 e. The minimum atomic E-state index is -0.0817. The van der Waals surface area contributed by atoms with Crippen LogP contribution in [0.25, 0.3) is 0 Å². The molecule has 1 amide bonds. The van der Waals surface area contributed by atoms with Crippen molar-refractivity contribution in [1.82, 2.24) is 14.8 Å². The number of ether oxygens (including phenoxy) is 2. The van der Waals surface area contributed by atoms with Crippen LogP contribution in [0.5, 0.6) is 11.5 Å². The van der Waals surface area contributed by atoms with E-state index >= 15 is 0 Å². The predicted octanol–water partition coefficient (Wildman–Crippen LogP) is 5.44. The maximum atomic E-state index is 12.4. The topological polar surface area (TPSA) is 78.3 Å². The summed E-state index contributed by atoms with van der Waals surface area (Å²) in [6.07, 6.45) is 0. The normalized spacial score (nSPS) is 11.0. The van der Waals surface area contributed by atoms with E-state index in [0.717, 1.165) is 11.3 Å². The Morgan fingerprint density at radius 3 is 2.48 bits per heavy atom. The number of benzene rings is 2. The maximum Gasteiger partial charge on any atom is 0.234 e. The quantitative estimate of drug-likeness (QED) is 0.378. The minimum Gasteiger partial charge on any atom is -0.490 e. The van der Waals surface area contributed by atoms with Gasteiger partial charge in [0.25, 0.3) is 0 Å². The van der Waals surface area contributed by atoms with Gasteiger partial charge in [-0.1, -0.05) is 43.8 Å². The first kappa shape index (κ1) is 24.6. The van der Waals surface area contributed by atoms with Crippen LogP contribution >= 0.6 is 11.8 Å². The van der Waals surface area contributed by atoms with Crippen LogP contribution in [0.1, 0.15) is 50.6 Å². The number of amides is 1. The standard InChI is InChI=1S/C25H32N4O3S/c1-6-29-23(15-32-21-13-8-18(5)14-22(21)31-7-2)27-28-25(29)33-16-24(30)26-20-11-9-19(10-12-20)17(3)4/h8-14,17H,6-7,15-16H2,1-5H3,(H,26,30). The van der Waals surface area contributed by atoms with Gasteiger partial charge in [-0.15, -0.1) is 10.2 Å². The van der Waals surface area contributed by atoms with Crippen LogP contribution in [0.15, 0.2) is 47.6 Å². The van der Waals surface area contributed by atoms with Gasteiger partial charge in [0.05, 0.1) is 12.4 Å². The molecule has 7 nitrogen and oxygen atoms in total. The van der Waals surface area contributed by atoms with E-state index in [9.17, 15) is 4.79 Å². The molecule has 33 heavy (non-hydrogen) atoms. The lowest BCUT2D eigenvalue weighted by Crippen LogP contribution is -2.15. The van der Waals surface area contributed by atoms with Gasteiger partial charge in [0, 0.05) is 12.2 Å². The Kier molecular flexibility index (Phi) is 8.77. The summed E-state index contributed by atoms with van der Waals surface area (Å²) in [4.78, 5) is 12.4. The summed E-state index contributed by atoms with van der Waals surface area (Å²) in [7, 11) is 0. The molecule has 1 heterocycles. The minimum absolute atomic E-state index is 0.0817. The lowest BCUT2D eigenvalue weighted by Gasteiger charge is -2.13. The van der Waals surface area contributed by atoms with Crippen molar-refractivity contribution >= 4 is 23.4 Å². The molecule has 0 unspecified atom stereocenters. The summed E-state index contributed by atoms with van der Waals surface area (Å²) in [5, 5.41) is 12.2. The number of anilines is 1. The first-order valence-electron chi connectivity index (χ1n) is 11.2. The molecule has 0 atom stereocenters. The summed E-state index contributed by atoms with van der Waals surface area (Å²) in [6.45, 7) is 11.8. The second-order valence-corrected chi connectivity index (χ2v) is 8.87. The van der Waals surface area contributed by atoms with Crippen LogP contribution in [-0.4, -0.2) is 33.0 Å². The fraction of sp³-hybridized carbons (Fsp3) is 0.400.